The Morgan fingerprint density at radius 1 is 0.966 bits per heavy atom. The number of carbonyl (C=O) groups excluding carboxylic acids is 4. The van der Waals surface area contributed by atoms with Gasteiger partial charge in [0, 0.05) is 0 Å². The molecule has 5 atom stereocenters. The van der Waals surface area contributed by atoms with Crippen LogP contribution >= 0.6 is 11.8 Å². The minimum Gasteiger partial charge on any atom is -0.480 e. The maximum absolute atomic E-state index is 12.6. The van der Waals surface area contributed by atoms with Gasteiger partial charge in [-0.1, -0.05) is 0 Å². The highest BCUT2D eigenvalue weighted by atomic mass is 32.2. The van der Waals surface area contributed by atoms with Crippen LogP contribution in [0.4, 0.5) is 0 Å². The second-order valence-electron chi connectivity index (χ2n) is 6.41. The third kappa shape index (κ3) is 10.1. The van der Waals surface area contributed by atoms with Crippen molar-refractivity contribution in [3.63, 3.8) is 0 Å². The van der Waals surface area contributed by atoms with Crippen molar-refractivity contribution in [2.75, 3.05) is 12.0 Å². The zero-order valence-corrected chi connectivity index (χ0v) is 17.3. The fourth-order valence-electron chi connectivity index (χ4n) is 2.05. The first-order valence-corrected chi connectivity index (χ1v) is 10.1. The number of aliphatic hydroxyl groups excluding tert-OH is 1. The number of carboxylic acid groups (broad SMARTS) is 1. The number of aliphatic hydroxyl groups is 1. The van der Waals surface area contributed by atoms with Gasteiger partial charge in [0.1, 0.15) is 24.2 Å². The van der Waals surface area contributed by atoms with E-state index >= 15 is 0 Å². The number of hydrogen-bond donors (Lipinski definition) is 7. The summed E-state index contributed by atoms with van der Waals surface area (Å²) in [6.45, 7) is 2.54. The number of thioether (sulfide) groups is 1. The van der Waals surface area contributed by atoms with Crippen molar-refractivity contribution in [1.82, 2.24) is 16.0 Å². The standard InChI is InChI=1S/C16H29N5O7S/c1-7(16(27)28)19-13(24)9(4-5-29-3)20-14(25)10(6-11(17)23)21-15(26)12(18)8(2)22/h7-10,12,22H,4-6,18H2,1-3H3,(H2,17,23)(H,19,24)(H,20,25)(H,21,26)(H,27,28). The smallest absolute Gasteiger partial charge is 0.325 e. The van der Waals surface area contributed by atoms with Crippen LogP contribution in [0.15, 0.2) is 0 Å². The van der Waals surface area contributed by atoms with E-state index in [-0.39, 0.29) is 6.42 Å². The average Bonchev–Trinajstić information content (AvgIpc) is 2.62. The summed E-state index contributed by atoms with van der Waals surface area (Å²) in [4.78, 5) is 59.1. The van der Waals surface area contributed by atoms with Gasteiger partial charge in [0.15, 0.2) is 0 Å². The summed E-state index contributed by atoms with van der Waals surface area (Å²) < 4.78 is 0. The highest BCUT2D eigenvalue weighted by Crippen LogP contribution is 2.04. The SMILES string of the molecule is CSCCC(NC(=O)C(CC(N)=O)NC(=O)C(N)C(C)O)C(=O)NC(C)C(=O)O. The van der Waals surface area contributed by atoms with E-state index in [9.17, 15) is 29.1 Å². The highest BCUT2D eigenvalue weighted by Gasteiger charge is 2.30. The lowest BCUT2D eigenvalue weighted by Crippen LogP contribution is -2.58. The fourth-order valence-corrected chi connectivity index (χ4v) is 2.52. The molecule has 0 aromatic rings. The lowest BCUT2D eigenvalue weighted by molar-refractivity contribution is -0.142. The Morgan fingerprint density at radius 3 is 1.93 bits per heavy atom. The molecular formula is C16H29N5O7S. The van der Waals surface area contributed by atoms with Crippen molar-refractivity contribution >= 4 is 41.4 Å². The van der Waals surface area contributed by atoms with Gasteiger partial charge in [0.25, 0.3) is 0 Å². The van der Waals surface area contributed by atoms with Crippen LogP contribution in [-0.4, -0.2) is 82.1 Å². The number of carbonyl (C=O) groups is 5. The predicted molar refractivity (Wildman–Crippen MR) is 106 cm³/mol. The minimum atomic E-state index is -1.42. The number of rotatable bonds is 13. The Morgan fingerprint density at radius 2 is 1.48 bits per heavy atom. The predicted octanol–water partition coefficient (Wildman–Crippen LogP) is -3.12. The summed E-state index contributed by atoms with van der Waals surface area (Å²) in [7, 11) is 0. The van der Waals surface area contributed by atoms with Crippen molar-refractivity contribution in [3.05, 3.63) is 0 Å². The summed E-state index contributed by atoms with van der Waals surface area (Å²) in [5.74, 6) is -4.16. The first kappa shape index (κ1) is 26.6. The number of carboxylic acids is 1. The van der Waals surface area contributed by atoms with Crippen molar-refractivity contribution in [1.29, 1.82) is 0 Å². The molecule has 0 aliphatic heterocycles. The summed E-state index contributed by atoms with van der Waals surface area (Å²) in [5.41, 5.74) is 10.6. The number of primary amides is 1. The Balaban J connectivity index is 5.33. The molecule has 0 fully saturated rings. The molecule has 9 N–H and O–H groups in total. The van der Waals surface area contributed by atoms with E-state index in [2.05, 4.69) is 16.0 Å². The van der Waals surface area contributed by atoms with Gasteiger partial charge in [-0.2, -0.15) is 11.8 Å². The number of aliphatic carboxylic acids is 1. The van der Waals surface area contributed by atoms with Crippen molar-refractivity contribution in [2.45, 2.75) is 57.0 Å². The number of hydrogen-bond acceptors (Lipinski definition) is 8. The molecule has 0 heterocycles. The van der Waals surface area contributed by atoms with Gasteiger partial charge in [0.2, 0.25) is 23.6 Å². The molecule has 29 heavy (non-hydrogen) atoms. The van der Waals surface area contributed by atoms with E-state index in [1.807, 2.05) is 0 Å². The largest absolute Gasteiger partial charge is 0.480 e. The van der Waals surface area contributed by atoms with Gasteiger partial charge < -0.3 is 37.6 Å². The molecule has 5 unspecified atom stereocenters. The molecule has 0 aromatic carbocycles. The van der Waals surface area contributed by atoms with Gasteiger partial charge in [0.05, 0.1) is 12.5 Å². The van der Waals surface area contributed by atoms with Crippen molar-refractivity contribution in [2.24, 2.45) is 11.5 Å². The van der Waals surface area contributed by atoms with Crippen LogP contribution in [-0.2, 0) is 24.0 Å². The molecule has 13 heteroatoms. The monoisotopic (exact) mass is 435 g/mol. The highest BCUT2D eigenvalue weighted by molar-refractivity contribution is 7.98. The zero-order valence-electron chi connectivity index (χ0n) is 16.5. The summed E-state index contributed by atoms with van der Waals surface area (Å²) in [5, 5.41) is 25.2. The molecule has 0 spiro atoms. The van der Waals surface area contributed by atoms with Crippen LogP contribution in [0.2, 0.25) is 0 Å². The lowest BCUT2D eigenvalue weighted by Gasteiger charge is -2.24. The topological polar surface area (TPSA) is 214 Å². The van der Waals surface area contributed by atoms with Gasteiger partial charge >= 0.3 is 5.97 Å². The minimum absolute atomic E-state index is 0.176. The number of nitrogens with two attached hydrogens (primary N) is 2. The molecule has 0 aliphatic carbocycles. The lowest BCUT2D eigenvalue weighted by atomic mass is 10.1. The molecule has 0 aliphatic rings. The molecule has 166 valence electrons. The third-order valence-corrected chi connectivity index (χ3v) is 4.48. The molecule has 0 radical (unpaired) electrons. The summed E-state index contributed by atoms with van der Waals surface area (Å²) in [6, 6.07) is -5.05. The fraction of sp³-hybridized carbons (Fsp3) is 0.688. The van der Waals surface area contributed by atoms with E-state index < -0.39 is 66.3 Å². The normalized spacial score (nSPS) is 15.9. The van der Waals surface area contributed by atoms with Gasteiger partial charge in [-0.15, -0.1) is 0 Å². The molecular weight excluding hydrogens is 406 g/mol. The molecule has 0 rings (SSSR count). The summed E-state index contributed by atoms with van der Waals surface area (Å²) >= 11 is 1.40. The second-order valence-corrected chi connectivity index (χ2v) is 7.39. The van der Waals surface area contributed by atoms with Crippen LogP contribution < -0.4 is 27.4 Å². The third-order valence-electron chi connectivity index (χ3n) is 3.83. The molecule has 0 bridgehead atoms. The maximum atomic E-state index is 12.6. The van der Waals surface area contributed by atoms with Gasteiger partial charge in [-0.25, -0.2) is 0 Å². The number of amides is 4. The van der Waals surface area contributed by atoms with Crippen LogP contribution in [0.5, 0.6) is 0 Å². The Bertz CT molecular complexity index is 616. The van der Waals surface area contributed by atoms with E-state index in [1.54, 1.807) is 6.26 Å². The van der Waals surface area contributed by atoms with Crippen LogP contribution in [0.3, 0.4) is 0 Å². The van der Waals surface area contributed by atoms with E-state index in [1.165, 1.54) is 25.6 Å². The molecule has 0 saturated carbocycles. The first-order valence-electron chi connectivity index (χ1n) is 8.75. The number of nitrogens with one attached hydrogen (secondary N) is 3. The van der Waals surface area contributed by atoms with E-state index in [4.69, 9.17) is 16.6 Å². The van der Waals surface area contributed by atoms with Crippen LogP contribution in [0.1, 0.15) is 26.7 Å². The van der Waals surface area contributed by atoms with Gasteiger partial charge in [-0.05, 0) is 32.3 Å². The average molecular weight is 436 g/mol. The second kappa shape index (κ2) is 13.0. The van der Waals surface area contributed by atoms with E-state index in [0.717, 1.165) is 0 Å². The maximum Gasteiger partial charge on any atom is 0.325 e. The molecule has 0 aromatic heterocycles. The van der Waals surface area contributed by atoms with Crippen LogP contribution in [0.25, 0.3) is 0 Å². The quantitative estimate of drug-likeness (QED) is 0.155. The Kier molecular flexibility index (Phi) is 11.9. The first-order chi connectivity index (χ1) is 13.4. The molecule has 12 nitrogen and oxygen atoms in total. The summed E-state index contributed by atoms with van der Waals surface area (Å²) in [6.07, 6.45) is 0.191. The zero-order chi connectivity index (χ0) is 22.7. The van der Waals surface area contributed by atoms with Gasteiger partial charge in [-0.3, -0.25) is 24.0 Å². The molecule has 4 amide bonds. The van der Waals surface area contributed by atoms with E-state index in [0.29, 0.717) is 5.75 Å². The molecule has 0 saturated heterocycles. The Hall–Kier alpha value is -2.38. The van der Waals surface area contributed by atoms with Crippen molar-refractivity contribution in [3.8, 4) is 0 Å². The van der Waals surface area contributed by atoms with Crippen LogP contribution in [0, 0.1) is 0 Å². The Labute approximate surface area is 172 Å². The van der Waals surface area contributed by atoms with Crippen molar-refractivity contribution < 1.29 is 34.2 Å².